The van der Waals surface area contributed by atoms with Crippen LogP contribution in [0.15, 0.2) is 46.9 Å². The van der Waals surface area contributed by atoms with E-state index >= 15 is 0 Å². The molecule has 3 rings (SSSR count). The van der Waals surface area contributed by atoms with Gasteiger partial charge in [-0.1, -0.05) is 23.7 Å². The predicted octanol–water partition coefficient (Wildman–Crippen LogP) is 6.20. The number of carbonyl (C=O) groups is 1. The topological polar surface area (TPSA) is 60.5 Å². The van der Waals surface area contributed by atoms with Gasteiger partial charge in [0, 0.05) is 21.5 Å². The second kappa shape index (κ2) is 9.43. The van der Waals surface area contributed by atoms with Crippen LogP contribution in [0.4, 0.5) is 5.13 Å². The van der Waals surface area contributed by atoms with Gasteiger partial charge >= 0.3 is 0 Å². The molecule has 0 atom stereocenters. The van der Waals surface area contributed by atoms with Crippen LogP contribution in [0.1, 0.15) is 10.4 Å². The Kier molecular flexibility index (Phi) is 6.95. The monoisotopic (exact) mass is 492 g/mol. The van der Waals surface area contributed by atoms with Crippen LogP contribution in [0.3, 0.4) is 0 Å². The van der Waals surface area contributed by atoms with Crippen molar-refractivity contribution in [3.8, 4) is 22.8 Å². The number of thiazole rings is 1. The van der Waals surface area contributed by atoms with Crippen molar-refractivity contribution >= 4 is 56.0 Å². The average molecular weight is 494 g/mol. The molecule has 1 N–H and O–H groups in total. The number of benzene rings is 2. The van der Waals surface area contributed by atoms with Crippen LogP contribution in [0, 0.1) is 6.92 Å². The van der Waals surface area contributed by atoms with E-state index in [0.717, 1.165) is 26.2 Å². The number of nitrogens with zero attached hydrogens (tertiary/aromatic N) is 1. The third-order valence-electron chi connectivity index (χ3n) is 4.03. The van der Waals surface area contributed by atoms with E-state index in [-0.39, 0.29) is 5.91 Å². The lowest BCUT2D eigenvalue weighted by Gasteiger charge is -2.10. The standard InChI is InChI=1S/C21H18BrClN2O3S/c1-12-19(14-5-7-15(23)8-6-14)25-21(29-12)24-18(26)9-4-13-10-16(22)20(28-3)17(11-13)27-2/h4-11H,1-3H3,(H,24,25,26). The highest BCUT2D eigenvalue weighted by molar-refractivity contribution is 9.10. The molecule has 0 bridgehead atoms. The quantitative estimate of drug-likeness (QED) is 0.415. The molecule has 2 aromatic carbocycles. The molecule has 29 heavy (non-hydrogen) atoms. The lowest BCUT2D eigenvalue weighted by Crippen LogP contribution is -2.07. The Balaban J connectivity index is 1.74. The van der Waals surface area contributed by atoms with Gasteiger partial charge in [0.15, 0.2) is 16.6 Å². The Hall–Kier alpha value is -2.35. The fraction of sp³-hybridized carbons (Fsp3) is 0.143. The van der Waals surface area contributed by atoms with Crippen LogP contribution in [-0.2, 0) is 4.79 Å². The zero-order valence-electron chi connectivity index (χ0n) is 16.0. The third kappa shape index (κ3) is 5.18. The minimum Gasteiger partial charge on any atom is -0.493 e. The highest BCUT2D eigenvalue weighted by Gasteiger charge is 2.12. The smallest absolute Gasteiger partial charge is 0.250 e. The number of methoxy groups -OCH3 is 2. The second-order valence-corrected chi connectivity index (χ2v) is 8.49. The van der Waals surface area contributed by atoms with Crippen LogP contribution in [-0.4, -0.2) is 25.1 Å². The summed E-state index contributed by atoms with van der Waals surface area (Å²) in [5, 5.41) is 4.01. The summed E-state index contributed by atoms with van der Waals surface area (Å²) in [6, 6.07) is 11.1. The zero-order chi connectivity index (χ0) is 21.0. The molecule has 0 unspecified atom stereocenters. The highest BCUT2D eigenvalue weighted by Crippen LogP contribution is 2.36. The summed E-state index contributed by atoms with van der Waals surface area (Å²) < 4.78 is 11.4. The van der Waals surface area contributed by atoms with Gasteiger partial charge in [-0.25, -0.2) is 4.98 Å². The maximum Gasteiger partial charge on any atom is 0.250 e. The highest BCUT2D eigenvalue weighted by atomic mass is 79.9. The molecule has 3 aromatic rings. The normalized spacial score (nSPS) is 10.9. The number of aryl methyl sites for hydroxylation is 1. The molecular formula is C21H18BrClN2O3S. The molecule has 0 fully saturated rings. The van der Waals surface area contributed by atoms with Crippen LogP contribution in [0.5, 0.6) is 11.5 Å². The molecule has 0 saturated heterocycles. The van der Waals surface area contributed by atoms with Crippen molar-refractivity contribution in [1.29, 1.82) is 0 Å². The fourth-order valence-corrected chi connectivity index (χ4v) is 4.26. The van der Waals surface area contributed by atoms with Crippen LogP contribution in [0.25, 0.3) is 17.3 Å². The van der Waals surface area contributed by atoms with Crippen molar-refractivity contribution < 1.29 is 14.3 Å². The zero-order valence-corrected chi connectivity index (χ0v) is 19.1. The Morgan fingerprint density at radius 2 is 1.93 bits per heavy atom. The van der Waals surface area contributed by atoms with Crippen molar-refractivity contribution in [2.75, 3.05) is 19.5 Å². The number of amides is 1. The summed E-state index contributed by atoms with van der Waals surface area (Å²) in [5.41, 5.74) is 2.57. The van der Waals surface area contributed by atoms with Gasteiger partial charge < -0.3 is 9.47 Å². The maximum absolute atomic E-state index is 12.3. The molecule has 8 heteroatoms. The molecule has 0 saturated carbocycles. The van der Waals surface area contributed by atoms with E-state index < -0.39 is 0 Å². The Morgan fingerprint density at radius 1 is 1.21 bits per heavy atom. The molecule has 0 aliphatic heterocycles. The summed E-state index contributed by atoms with van der Waals surface area (Å²) in [5.74, 6) is 0.902. The van der Waals surface area contributed by atoms with Crippen LogP contribution in [0.2, 0.25) is 5.02 Å². The number of ether oxygens (including phenoxy) is 2. The Morgan fingerprint density at radius 3 is 2.59 bits per heavy atom. The summed E-state index contributed by atoms with van der Waals surface area (Å²) >= 11 is 10.8. The van der Waals surface area contributed by atoms with Gasteiger partial charge in [-0.15, -0.1) is 11.3 Å². The molecule has 0 aliphatic rings. The van der Waals surface area contributed by atoms with E-state index in [1.165, 1.54) is 17.4 Å². The summed E-state index contributed by atoms with van der Waals surface area (Å²) in [4.78, 5) is 17.9. The molecular weight excluding hydrogens is 476 g/mol. The maximum atomic E-state index is 12.3. The van der Waals surface area contributed by atoms with E-state index in [1.54, 1.807) is 26.4 Å². The van der Waals surface area contributed by atoms with Crippen LogP contribution < -0.4 is 14.8 Å². The van der Waals surface area contributed by atoms with Gasteiger partial charge in [0.25, 0.3) is 0 Å². The van der Waals surface area contributed by atoms with Gasteiger partial charge in [0.05, 0.1) is 24.4 Å². The third-order valence-corrected chi connectivity index (χ3v) is 5.75. The minimum absolute atomic E-state index is 0.271. The first kappa shape index (κ1) is 21.4. The van der Waals surface area contributed by atoms with Gasteiger partial charge in [0.2, 0.25) is 5.91 Å². The van der Waals surface area contributed by atoms with Crippen molar-refractivity contribution in [3.63, 3.8) is 0 Å². The largest absolute Gasteiger partial charge is 0.493 e. The first-order valence-electron chi connectivity index (χ1n) is 8.55. The van der Waals surface area contributed by atoms with Gasteiger partial charge in [-0.2, -0.15) is 0 Å². The molecule has 0 spiro atoms. The lowest BCUT2D eigenvalue weighted by molar-refractivity contribution is -0.111. The minimum atomic E-state index is -0.271. The molecule has 0 aliphatic carbocycles. The van der Waals surface area contributed by atoms with E-state index in [0.29, 0.717) is 21.7 Å². The van der Waals surface area contributed by atoms with Gasteiger partial charge in [-0.3, -0.25) is 10.1 Å². The number of hydrogen-bond acceptors (Lipinski definition) is 5. The Bertz CT molecular complexity index is 1060. The number of nitrogens with one attached hydrogen (secondary N) is 1. The average Bonchev–Trinajstić information content (AvgIpc) is 3.06. The SMILES string of the molecule is COc1cc(C=CC(=O)Nc2nc(-c3ccc(Cl)cc3)c(C)s2)cc(Br)c1OC. The van der Waals surface area contributed by atoms with E-state index in [1.807, 2.05) is 37.3 Å². The summed E-state index contributed by atoms with van der Waals surface area (Å²) in [6.45, 7) is 1.97. The van der Waals surface area contributed by atoms with Crippen molar-refractivity contribution in [1.82, 2.24) is 4.98 Å². The van der Waals surface area contributed by atoms with E-state index in [2.05, 4.69) is 26.2 Å². The Labute approximate surface area is 186 Å². The molecule has 1 aromatic heterocycles. The van der Waals surface area contributed by atoms with Crippen molar-refractivity contribution in [2.24, 2.45) is 0 Å². The second-order valence-electron chi connectivity index (χ2n) is 5.99. The van der Waals surface area contributed by atoms with Gasteiger partial charge in [0.1, 0.15) is 0 Å². The van der Waals surface area contributed by atoms with E-state index in [9.17, 15) is 4.79 Å². The fourth-order valence-electron chi connectivity index (χ4n) is 2.68. The van der Waals surface area contributed by atoms with Gasteiger partial charge in [-0.05, 0) is 58.8 Å². The number of anilines is 1. The number of aromatic nitrogens is 1. The first-order valence-corrected chi connectivity index (χ1v) is 10.5. The summed E-state index contributed by atoms with van der Waals surface area (Å²) in [7, 11) is 3.13. The number of hydrogen-bond donors (Lipinski definition) is 1. The van der Waals surface area contributed by atoms with Crippen LogP contribution >= 0.6 is 38.9 Å². The number of carbonyl (C=O) groups excluding carboxylic acids is 1. The number of halogens is 2. The molecule has 1 heterocycles. The predicted molar refractivity (Wildman–Crippen MR) is 122 cm³/mol. The number of rotatable bonds is 6. The molecule has 5 nitrogen and oxygen atoms in total. The molecule has 1 amide bonds. The van der Waals surface area contributed by atoms with Crippen molar-refractivity contribution in [3.05, 3.63) is 62.4 Å². The molecule has 150 valence electrons. The van der Waals surface area contributed by atoms with E-state index in [4.69, 9.17) is 21.1 Å². The lowest BCUT2D eigenvalue weighted by atomic mass is 10.1. The summed E-state index contributed by atoms with van der Waals surface area (Å²) in [6.07, 6.45) is 3.15. The first-order chi connectivity index (χ1) is 13.9. The van der Waals surface area contributed by atoms with Crippen molar-refractivity contribution in [2.45, 2.75) is 6.92 Å². The molecule has 0 radical (unpaired) electrons.